The highest BCUT2D eigenvalue weighted by molar-refractivity contribution is 7.24. The summed E-state index contributed by atoms with van der Waals surface area (Å²) < 4.78 is 11.9. The van der Waals surface area contributed by atoms with Crippen molar-refractivity contribution < 1.29 is 19.1 Å². The van der Waals surface area contributed by atoms with Crippen LogP contribution in [-0.2, 0) is 25.5 Å². The number of benzene rings is 2. The van der Waals surface area contributed by atoms with Crippen LogP contribution in [-0.4, -0.2) is 25.2 Å². The number of fused-ring (bicyclic) bond motifs is 2. The van der Waals surface area contributed by atoms with Gasteiger partial charge in [0.05, 0.1) is 13.2 Å². The largest absolute Gasteiger partial charge is 0.465 e. The Kier molecular flexibility index (Phi) is 6.41. The van der Waals surface area contributed by atoms with Crippen LogP contribution in [0.5, 0.6) is 0 Å². The lowest BCUT2D eigenvalue weighted by Gasteiger charge is -2.14. The minimum absolute atomic E-state index is 0.0202. The van der Waals surface area contributed by atoms with Crippen LogP contribution in [0.15, 0.2) is 47.3 Å². The first kappa shape index (κ1) is 20.0. The van der Waals surface area contributed by atoms with E-state index in [-0.39, 0.29) is 18.6 Å². The molecular formula is C22H22O5S. The molecule has 6 heteroatoms. The molecule has 2 aromatic carbocycles. The predicted molar refractivity (Wildman–Crippen MR) is 111 cm³/mol. The smallest absolute Gasteiger partial charge is 0.320 e. The molecule has 1 heterocycles. The molecule has 5 nitrogen and oxygen atoms in total. The zero-order chi connectivity index (χ0) is 20.1. The van der Waals surface area contributed by atoms with Crippen LogP contribution < -0.4 is 5.43 Å². The Hall–Kier alpha value is -2.73. The molecule has 0 saturated heterocycles. The first-order valence-electron chi connectivity index (χ1n) is 9.32. The summed E-state index contributed by atoms with van der Waals surface area (Å²) in [5.41, 5.74) is 0.976. The predicted octanol–water partition coefficient (Wildman–Crippen LogP) is 4.09. The highest BCUT2D eigenvalue weighted by Crippen LogP contribution is 2.26. The van der Waals surface area contributed by atoms with E-state index < -0.39 is 17.9 Å². The lowest BCUT2D eigenvalue weighted by Crippen LogP contribution is -2.28. The molecule has 28 heavy (non-hydrogen) atoms. The molecule has 0 N–H and O–H groups in total. The first-order valence-corrected chi connectivity index (χ1v) is 10.1. The second kappa shape index (κ2) is 8.97. The number of rotatable bonds is 7. The van der Waals surface area contributed by atoms with E-state index in [4.69, 9.17) is 9.47 Å². The summed E-state index contributed by atoms with van der Waals surface area (Å²) in [5.74, 6) is -2.05. The third kappa shape index (κ3) is 4.22. The van der Waals surface area contributed by atoms with Gasteiger partial charge in [0.15, 0.2) is 11.3 Å². The highest BCUT2D eigenvalue weighted by Gasteiger charge is 2.29. The van der Waals surface area contributed by atoms with Gasteiger partial charge < -0.3 is 9.47 Å². The molecule has 0 saturated carbocycles. The summed E-state index contributed by atoms with van der Waals surface area (Å²) in [6.45, 7) is 3.84. The van der Waals surface area contributed by atoms with Crippen molar-refractivity contribution in [1.82, 2.24) is 0 Å². The van der Waals surface area contributed by atoms with E-state index in [1.807, 2.05) is 42.5 Å². The van der Waals surface area contributed by atoms with Gasteiger partial charge in [0.25, 0.3) is 0 Å². The Bertz CT molecular complexity index is 1050. The number of esters is 2. The molecule has 0 atom stereocenters. The van der Waals surface area contributed by atoms with E-state index in [2.05, 4.69) is 0 Å². The van der Waals surface area contributed by atoms with Gasteiger partial charge in [-0.2, -0.15) is 0 Å². The summed E-state index contributed by atoms with van der Waals surface area (Å²) in [5, 5.41) is 1.40. The van der Waals surface area contributed by atoms with Crippen molar-refractivity contribution in [2.75, 3.05) is 13.2 Å². The van der Waals surface area contributed by atoms with E-state index in [0.29, 0.717) is 18.2 Å². The van der Waals surface area contributed by atoms with Gasteiger partial charge >= 0.3 is 11.9 Å². The molecule has 0 bridgehead atoms. The lowest BCUT2D eigenvalue weighted by molar-refractivity contribution is -0.161. The minimum atomic E-state index is -0.939. The average Bonchev–Trinajstić information content (AvgIpc) is 2.68. The molecule has 0 spiro atoms. The van der Waals surface area contributed by atoms with Gasteiger partial charge in [-0.25, -0.2) is 0 Å². The Morgan fingerprint density at radius 2 is 1.57 bits per heavy atom. The van der Waals surface area contributed by atoms with Gasteiger partial charge in [-0.3, -0.25) is 14.4 Å². The van der Waals surface area contributed by atoms with Crippen molar-refractivity contribution in [2.45, 2.75) is 26.7 Å². The monoisotopic (exact) mass is 398 g/mol. The molecule has 0 aliphatic rings. The second-order valence-corrected chi connectivity index (χ2v) is 7.44. The van der Waals surface area contributed by atoms with Crippen molar-refractivity contribution >= 4 is 43.4 Å². The molecule has 3 aromatic rings. The van der Waals surface area contributed by atoms with Crippen molar-refractivity contribution in [3.8, 4) is 0 Å². The molecule has 0 unspecified atom stereocenters. The number of hydrogen-bond donors (Lipinski definition) is 0. The van der Waals surface area contributed by atoms with Crippen LogP contribution in [0.25, 0.3) is 20.2 Å². The maximum absolute atomic E-state index is 12.7. The van der Waals surface area contributed by atoms with Gasteiger partial charge in [0.2, 0.25) is 0 Å². The van der Waals surface area contributed by atoms with E-state index in [9.17, 15) is 14.4 Å². The summed E-state index contributed by atoms with van der Waals surface area (Å²) in [4.78, 5) is 36.9. The molecule has 0 amide bonds. The Morgan fingerprint density at radius 1 is 0.929 bits per heavy atom. The second-order valence-electron chi connectivity index (χ2n) is 6.35. The van der Waals surface area contributed by atoms with Crippen molar-refractivity contribution in [3.05, 3.63) is 58.3 Å². The number of aryl methyl sites for hydroxylation is 1. The number of carbonyl (C=O) groups excluding carboxylic acids is 2. The third-order valence-corrected chi connectivity index (χ3v) is 5.64. The highest BCUT2D eigenvalue weighted by atomic mass is 32.1. The van der Waals surface area contributed by atoms with E-state index in [0.717, 1.165) is 20.3 Å². The topological polar surface area (TPSA) is 69.7 Å². The fourth-order valence-corrected chi connectivity index (χ4v) is 4.26. The van der Waals surface area contributed by atoms with Gasteiger partial charge in [-0.05, 0) is 56.5 Å². The molecule has 146 valence electrons. The zero-order valence-electron chi connectivity index (χ0n) is 15.9. The van der Waals surface area contributed by atoms with Crippen LogP contribution in [0.2, 0.25) is 0 Å². The average molecular weight is 398 g/mol. The maximum Gasteiger partial charge on any atom is 0.320 e. The Morgan fingerprint density at radius 3 is 2.25 bits per heavy atom. The quantitative estimate of drug-likeness (QED) is 0.341. The van der Waals surface area contributed by atoms with Crippen molar-refractivity contribution in [3.63, 3.8) is 0 Å². The van der Waals surface area contributed by atoms with Gasteiger partial charge in [0.1, 0.15) is 0 Å². The molecular weight excluding hydrogens is 376 g/mol. The first-order chi connectivity index (χ1) is 13.5. The van der Waals surface area contributed by atoms with Crippen LogP contribution in [0.3, 0.4) is 0 Å². The zero-order valence-corrected chi connectivity index (χ0v) is 16.7. The number of hydrogen-bond acceptors (Lipinski definition) is 6. The molecule has 0 radical (unpaired) electrons. The normalized spacial score (nSPS) is 11.1. The summed E-state index contributed by atoms with van der Waals surface area (Å²) >= 11 is 1.56. The standard InChI is InChI=1S/C22H22O5S/c1-3-26-21(24)17(22(25)27-4-2)12-10-14-9-11-16-19(13-14)28-18-8-6-5-7-15(18)20(16)23/h5-9,11,13,17H,3-4,10,12H2,1-2H3. The Labute approximate surface area is 166 Å². The third-order valence-electron chi connectivity index (χ3n) is 4.51. The van der Waals surface area contributed by atoms with E-state index in [1.54, 1.807) is 25.2 Å². The van der Waals surface area contributed by atoms with Gasteiger partial charge in [-0.1, -0.05) is 18.2 Å². The maximum atomic E-state index is 12.7. The number of carbonyl (C=O) groups is 2. The summed E-state index contributed by atoms with van der Waals surface area (Å²) in [6.07, 6.45) is 0.803. The van der Waals surface area contributed by atoms with Crippen molar-refractivity contribution in [1.29, 1.82) is 0 Å². The van der Waals surface area contributed by atoms with Gasteiger partial charge in [0, 0.05) is 20.2 Å². The van der Waals surface area contributed by atoms with Crippen LogP contribution in [0.4, 0.5) is 0 Å². The molecule has 1 aromatic heterocycles. The fourth-order valence-electron chi connectivity index (χ4n) is 3.13. The van der Waals surface area contributed by atoms with E-state index in [1.165, 1.54) is 0 Å². The van der Waals surface area contributed by atoms with Crippen LogP contribution >= 0.6 is 11.3 Å². The van der Waals surface area contributed by atoms with Crippen LogP contribution in [0, 0.1) is 5.92 Å². The molecule has 0 aliphatic heterocycles. The summed E-state index contributed by atoms with van der Waals surface area (Å²) in [7, 11) is 0. The van der Waals surface area contributed by atoms with Gasteiger partial charge in [-0.15, -0.1) is 11.3 Å². The Balaban J connectivity index is 1.86. The molecule has 3 rings (SSSR count). The minimum Gasteiger partial charge on any atom is -0.465 e. The van der Waals surface area contributed by atoms with Crippen LogP contribution in [0.1, 0.15) is 25.8 Å². The van der Waals surface area contributed by atoms with E-state index >= 15 is 0 Å². The fraction of sp³-hybridized carbons (Fsp3) is 0.318. The molecule has 0 fully saturated rings. The molecule has 0 aliphatic carbocycles. The number of ether oxygens (including phenoxy) is 2. The van der Waals surface area contributed by atoms with Crippen molar-refractivity contribution in [2.24, 2.45) is 5.92 Å². The summed E-state index contributed by atoms with van der Waals surface area (Å²) in [6, 6.07) is 13.2. The SMILES string of the molecule is CCOC(=O)C(CCc1ccc2c(=O)c3ccccc3sc2c1)C(=O)OCC. The lowest BCUT2D eigenvalue weighted by atomic mass is 9.99.